The van der Waals surface area contributed by atoms with Crippen molar-refractivity contribution in [2.45, 2.75) is 43.3 Å². The number of hydrogen-bond donors (Lipinski definition) is 1. The Morgan fingerprint density at radius 2 is 1.96 bits per heavy atom. The highest BCUT2D eigenvalue weighted by Gasteiger charge is 2.31. The van der Waals surface area contributed by atoms with Crippen molar-refractivity contribution in [2.24, 2.45) is 5.92 Å². The number of rotatable bonds is 8. The first-order chi connectivity index (χ1) is 11.5. The maximum atomic E-state index is 12.9. The molecule has 1 radical (unpaired) electrons. The molecule has 9 heteroatoms. The molecule has 1 fully saturated rings. The Labute approximate surface area is 143 Å². The molecular weight excluding hydrogens is 329 g/mol. The molecule has 0 saturated heterocycles. The fourth-order valence-corrected chi connectivity index (χ4v) is 4.54. The van der Waals surface area contributed by atoms with Gasteiger partial charge in [-0.2, -0.15) is 0 Å². The summed E-state index contributed by atoms with van der Waals surface area (Å²) in [6.45, 7) is 0.0844. The van der Waals surface area contributed by atoms with E-state index in [0.29, 0.717) is 12.2 Å². The van der Waals surface area contributed by atoms with Crippen LogP contribution in [0.2, 0.25) is 6.32 Å². The zero-order valence-corrected chi connectivity index (χ0v) is 14.7. The van der Waals surface area contributed by atoms with Gasteiger partial charge in [0.05, 0.1) is 11.6 Å². The predicted octanol–water partition coefficient (Wildman–Crippen LogP) is 2.38. The molecule has 1 N–H and O–H groups in total. The van der Waals surface area contributed by atoms with Crippen molar-refractivity contribution < 1.29 is 13.3 Å². The van der Waals surface area contributed by atoms with E-state index in [9.17, 15) is 18.5 Å². The third-order valence-electron chi connectivity index (χ3n) is 4.33. The lowest BCUT2D eigenvalue weighted by Crippen LogP contribution is -2.41. The molecule has 1 saturated carbocycles. The normalized spacial score (nSPS) is 16.2. The molecule has 0 heterocycles. The number of sulfonamides is 1. The Balaban J connectivity index is 2.20. The molecule has 0 aromatic heterocycles. The summed E-state index contributed by atoms with van der Waals surface area (Å²) in [4.78, 5) is 10.2. The molecule has 0 aliphatic heterocycles. The molecule has 0 spiro atoms. The molecule has 1 aliphatic carbocycles. The fraction of sp³-hybridized carbons (Fsp3) is 0.600. The van der Waals surface area contributed by atoms with Crippen LogP contribution in [0.3, 0.4) is 0 Å². The second-order valence-electron chi connectivity index (χ2n) is 6.05. The topological polar surface area (TPSA) is 92.6 Å². The number of nitrogens with one attached hydrogen (secondary N) is 1. The van der Waals surface area contributed by atoms with Crippen molar-refractivity contribution in [3.63, 3.8) is 0 Å². The Morgan fingerprint density at radius 1 is 1.29 bits per heavy atom. The average Bonchev–Trinajstić information content (AvgIpc) is 2.59. The number of nitro groups is 1. The van der Waals surface area contributed by atoms with Crippen LogP contribution in [0, 0.1) is 16.0 Å². The molecule has 2 rings (SSSR count). The third kappa shape index (κ3) is 4.55. The zero-order chi connectivity index (χ0) is 17.6. The molecule has 1 aromatic carbocycles. The largest absolute Gasteiger partial charge is 0.307 e. The molecule has 7 nitrogen and oxygen atoms in total. The van der Waals surface area contributed by atoms with Crippen molar-refractivity contribution in [3.8, 4) is 0 Å². The molecular formula is C15H23BN3O4S. The highest BCUT2D eigenvalue weighted by molar-refractivity contribution is 7.90. The van der Waals surface area contributed by atoms with Crippen LogP contribution < -0.4 is 5.32 Å². The minimum Gasteiger partial charge on any atom is -0.307 e. The van der Waals surface area contributed by atoms with Crippen LogP contribution in [-0.2, 0) is 10.0 Å². The van der Waals surface area contributed by atoms with Crippen LogP contribution in [-0.4, -0.2) is 38.7 Å². The first-order valence-electron chi connectivity index (χ1n) is 8.20. The average molecular weight is 352 g/mol. The van der Waals surface area contributed by atoms with Gasteiger partial charge in [-0.25, -0.2) is 12.6 Å². The van der Waals surface area contributed by atoms with E-state index in [2.05, 4.69) is 5.32 Å². The van der Waals surface area contributed by atoms with Crippen LogP contribution in [0.5, 0.6) is 0 Å². The first-order valence-corrected chi connectivity index (χ1v) is 9.64. The van der Waals surface area contributed by atoms with Crippen molar-refractivity contribution in [2.75, 3.05) is 13.7 Å². The summed E-state index contributed by atoms with van der Waals surface area (Å²) >= 11 is 0. The monoisotopic (exact) mass is 352 g/mol. The van der Waals surface area contributed by atoms with E-state index >= 15 is 0 Å². The van der Waals surface area contributed by atoms with E-state index in [1.54, 1.807) is 14.5 Å². The third-order valence-corrected chi connectivity index (χ3v) is 6.13. The van der Waals surface area contributed by atoms with Crippen LogP contribution in [0.15, 0.2) is 29.2 Å². The van der Waals surface area contributed by atoms with Crippen LogP contribution in [0.1, 0.15) is 32.1 Å². The van der Waals surface area contributed by atoms with Gasteiger partial charge in [-0.15, -0.1) is 0 Å². The maximum absolute atomic E-state index is 12.9. The lowest BCUT2D eigenvalue weighted by molar-refractivity contribution is -0.387. The van der Waals surface area contributed by atoms with Gasteiger partial charge in [0.1, 0.15) is 0 Å². The van der Waals surface area contributed by atoms with Gasteiger partial charge in [-0.05, 0) is 19.0 Å². The Bertz CT molecular complexity index is 662. The van der Waals surface area contributed by atoms with Crippen molar-refractivity contribution in [1.82, 2.24) is 9.53 Å². The van der Waals surface area contributed by atoms with Gasteiger partial charge in [-0.1, -0.05) is 50.6 Å². The minimum atomic E-state index is -3.97. The Morgan fingerprint density at radius 3 is 2.58 bits per heavy atom. The van der Waals surface area contributed by atoms with Crippen molar-refractivity contribution in [1.29, 1.82) is 0 Å². The summed E-state index contributed by atoms with van der Waals surface area (Å²) in [5, 5.41) is 14.0. The fourth-order valence-electron chi connectivity index (χ4n) is 3.05. The van der Waals surface area contributed by atoms with Crippen molar-refractivity contribution in [3.05, 3.63) is 34.4 Å². The van der Waals surface area contributed by atoms with E-state index in [0.717, 1.165) is 12.8 Å². The van der Waals surface area contributed by atoms with Gasteiger partial charge in [0.25, 0.3) is 5.69 Å². The zero-order valence-electron chi connectivity index (χ0n) is 13.8. The molecule has 131 valence electrons. The summed E-state index contributed by atoms with van der Waals surface area (Å²) in [7, 11) is -0.652. The lowest BCUT2D eigenvalue weighted by Gasteiger charge is -2.25. The van der Waals surface area contributed by atoms with Gasteiger partial charge in [0, 0.05) is 6.07 Å². The standard InChI is InChI=1S/C15H23BN3O4S/c1-17-12-18(16-11-13-7-3-2-4-8-13)24(22,23)15-10-6-5-9-14(15)19(20)21/h5-6,9-10,13,17H,2-4,7-8,11-12H2,1H3. The van der Waals surface area contributed by atoms with E-state index in [-0.39, 0.29) is 11.6 Å². The maximum Gasteiger partial charge on any atom is 0.289 e. The van der Waals surface area contributed by atoms with Gasteiger partial charge < -0.3 is 5.32 Å². The molecule has 0 unspecified atom stereocenters. The van der Waals surface area contributed by atoms with Gasteiger partial charge in [-0.3, -0.25) is 10.1 Å². The smallest absolute Gasteiger partial charge is 0.289 e. The van der Waals surface area contributed by atoms with E-state index in [1.165, 1.54) is 47.7 Å². The summed E-state index contributed by atoms with van der Waals surface area (Å²) in [6, 6.07) is 5.46. The second-order valence-corrected chi connectivity index (χ2v) is 7.91. The summed E-state index contributed by atoms with van der Waals surface area (Å²) < 4.78 is 26.9. The Hall–Kier alpha value is -1.45. The quantitative estimate of drug-likeness (QED) is 0.336. The van der Waals surface area contributed by atoms with E-state index in [1.807, 2.05) is 0 Å². The molecule has 24 heavy (non-hydrogen) atoms. The summed E-state index contributed by atoms with van der Waals surface area (Å²) in [5.74, 6) is 0.485. The molecule has 0 bridgehead atoms. The number of nitrogens with zero attached hydrogens (tertiary/aromatic N) is 2. The van der Waals surface area contributed by atoms with E-state index < -0.39 is 20.6 Å². The predicted molar refractivity (Wildman–Crippen MR) is 93.2 cm³/mol. The van der Waals surface area contributed by atoms with E-state index in [4.69, 9.17) is 0 Å². The lowest BCUT2D eigenvalue weighted by atomic mass is 9.74. The van der Waals surface area contributed by atoms with Gasteiger partial charge in [0.2, 0.25) is 17.4 Å². The first kappa shape index (κ1) is 18.9. The van der Waals surface area contributed by atoms with Crippen LogP contribution in [0.4, 0.5) is 5.69 Å². The van der Waals surface area contributed by atoms with Gasteiger partial charge in [0.15, 0.2) is 4.90 Å². The number of para-hydroxylation sites is 1. The molecule has 0 atom stereocenters. The second kappa shape index (κ2) is 8.59. The van der Waals surface area contributed by atoms with Crippen LogP contribution >= 0.6 is 0 Å². The number of benzene rings is 1. The number of nitro benzene ring substituents is 1. The molecule has 1 aromatic rings. The van der Waals surface area contributed by atoms with Crippen LogP contribution in [0.25, 0.3) is 0 Å². The minimum absolute atomic E-state index is 0.0844. The summed E-state index contributed by atoms with van der Waals surface area (Å²) in [6.07, 6.45) is 6.49. The Kier molecular flexibility index (Phi) is 6.76. The number of hydrogen-bond acceptors (Lipinski definition) is 5. The van der Waals surface area contributed by atoms with Gasteiger partial charge >= 0.3 is 0 Å². The van der Waals surface area contributed by atoms with Crippen molar-refractivity contribution >= 4 is 23.1 Å². The highest BCUT2D eigenvalue weighted by Crippen LogP contribution is 2.29. The molecule has 0 amide bonds. The summed E-state index contributed by atoms with van der Waals surface area (Å²) in [5.41, 5.74) is -0.398. The molecule has 1 aliphatic rings. The SMILES string of the molecule is CNCN([B]CC1CCCCC1)S(=O)(=O)c1ccccc1[N+](=O)[O-]. The highest BCUT2D eigenvalue weighted by atomic mass is 32.2.